The normalized spacial score (nSPS) is 12.5. The van der Waals surface area contributed by atoms with Crippen LogP contribution in [0.4, 0.5) is 4.79 Å². The highest BCUT2D eigenvalue weighted by molar-refractivity contribution is 6.30. The molecule has 0 heterocycles. The lowest BCUT2D eigenvalue weighted by atomic mass is 10.1. The second-order valence-electron chi connectivity index (χ2n) is 6.59. The van der Waals surface area contributed by atoms with E-state index in [1.807, 2.05) is 18.2 Å². The van der Waals surface area contributed by atoms with Crippen molar-refractivity contribution < 1.29 is 29.3 Å². The van der Waals surface area contributed by atoms with E-state index in [9.17, 15) is 24.6 Å². The third kappa shape index (κ3) is 8.50. The van der Waals surface area contributed by atoms with Crippen molar-refractivity contribution in [3.05, 3.63) is 70.7 Å². The summed E-state index contributed by atoms with van der Waals surface area (Å²) in [5.74, 6) is -1.85. The third-order valence-corrected chi connectivity index (χ3v) is 4.35. The zero-order chi connectivity index (χ0) is 21.9. The first kappa shape index (κ1) is 23.2. The van der Waals surface area contributed by atoms with Crippen LogP contribution in [0, 0.1) is 0 Å². The smallest absolute Gasteiger partial charge is 0.407 e. The zero-order valence-electron chi connectivity index (χ0n) is 16.1. The number of benzene rings is 2. The standard InChI is InChI=1S/C21H23ClN2O6/c22-16-8-6-14(7-9-16)10-18(20(27)28)24-19(26)11-17(25)12-23-21(29)30-13-15-4-2-1-3-5-15/h1-9,17-18,25H,10-13H2,(H,23,29)(H,24,26)(H,27,28)/t17-,18-/m0/s1. The fraction of sp³-hybridized carbons (Fsp3) is 0.286. The van der Waals surface area contributed by atoms with Gasteiger partial charge in [0.05, 0.1) is 12.5 Å². The fourth-order valence-corrected chi connectivity index (χ4v) is 2.70. The molecule has 9 heteroatoms. The van der Waals surface area contributed by atoms with Gasteiger partial charge < -0.3 is 25.6 Å². The Kier molecular flexibility index (Phi) is 9.11. The number of aliphatic hydroxyl groups is 1. The molecule has 0 aliphatic rings. The van der Waals surface area contributed by atoms with E-state index in [-0.39, 0.29) is 26.0 Å². The second kappa shape index (κ2) is 11.8. The first-order valence-electron chi connectivity index (χ1n) is 9.22. The molecular formula is C21H23ClN2O6. The minimum absolute atomic E-state index is 0.0679. The van der Waals surface area contributed by atoms with Gasteiger partial charge in [-0.05, 0) is 23.3 Å². The Morgan fingerprint density at radius 3 is 2.30 bits per heavy atom. The Labute approximate surface area is 178 Å². The largest absolute Gasteiger partial charge is 0.480 e. The van der Waals surface area contributed by atoms with E-state index in [4.69, 9.17) is 16.3 Å². The topological polar surface area (TPSA) is 125 Å². The van der Waals surface area contributed by atoms with Crippen LogP contribution in [0.25, 0.3) is 0 Å². The molecule has 0 aliphatic heterocycles. The number of carboxylic acid groups (broad SMARTS) is 1. The number of hydrogen-bond acceptors (Lipinski definition) is 5. The maximum atomic E-state index is 12.1. The second-order valence-corrected chi connectivity index (χ2v) is 7.03. The van der Waals surface area contributed by atoms with Gasteiger partial charge in [0.25, 0.3) is 0 Å². The van der Waals surface area contributed by atoms with Crippen molar-refractivity contribution in [1.82, 2.24) is 10.6 Å². The van der Waals surface area contributed by atoms with Crippen molar-refractivity contribution in [2.24, 2.45) is 0 Å². The number of alkyl carbamates (subject to hydrolysis) is 1. The summed E-state index contributed by atoms with van der Waals surface area (Å²) in [4.78, 5) is 35.2. The lowest BCUT2D eigenvalue weighted by molar-refractivity contribution is -0.142. The van der Waals surface area contributed by atoms with E-state index in [0.717, 1.165) is 5.56 Å². The van der Waals surface area contributed by atoms with Gasteiger partial charge in [-0.2, -0.15) is 0 Å². The predicted molar refractivity (Wildman–Crippen MR) is 110 cm³/mol. The predicted octanol–water partition coefficient (Wildman–Crippen LogP) is 2.13. The van der Waals surface area contributed by atoms with Gasteiger partial charge in [0, 0.05) is 18.0 Å². The number of rotatable bonds is 10. The van der Waals surface area contributed by atoms with Crippen molar-refractivity contribution in [2.45, 2.75) is 31.6 Å². The van der Waals surface area contributed by atoms with E-state index < -0.39 is 30.1 Å². The monoisotopic (exact) mass is 434 g/mol. The summed E-state index contributed by atoms with van der Waals surface area (Å²) in [6.45, 7) is -0.135. The molecule has 0 bridgehead atoms. The zero-order valence-corrected chi connectivity index (χ0v) is 16.8. The average molecular weight is 435 g/mol. The summed E-state index contributed by atoms with van der Waals surface area (Å²) in [6.07, 6.45) is -2.23. The number of carbonyl (C=O) groups is 3. The van der Waals surface area contributed by atoms with Crippen molar-refractivity contribution >= 4 is 29.6 Å². The molecule has 0 radical (unpaired) electrons. The summed E-state index contributed by atoms with van der Waals surface area (Å²) >= 11 is 5.80. The van der Waals surface area contributed by atoms with Crippen LogP contribution >= 0.6 is 11.6 Å². The minimum atomic E-state index is -1.20. The quantitative estimate of drug-likeness (QED) is 0.454. The first-order valence-corrected chi connectivity index (χ1v) is 9.60. The summed E-state index contributed by atoms with van der Waals surface area (Å²) in [7, 11) is 0. The van der Waals surface area contributed by atoms with Gasteiger partial charge in [0.1, 0.15) is 12.6 Å². The number of halogens is 1. The summed E-state index contributed by atoms with van der Waals surface area (Å²) in [6, 6.07) is 14.5. The maximum absolute atomic E-state index is 12.1. The first-order chi connectivity index (χ1) is 14.3. The van der Waals surface area contributed by atoms with E-state index >= 15 is 0 Å². The van der Waals surface area contributed by atoms with Gasteiger partial charge in [-0.1, -0.05) is 54.1 Å². The Morgan fingerprint density at radius 1 is 1.00 bits per heavy atom. The lowest BCUT2D eigenvalue weighted by Gasteiger charge is -2.17. The molecule has 0 spiro atoms. The molecule has 160 valence electrons. The molecular weight excluding hydrogens is 412 g/mol. The van der Waals surface area contributed by atoms with Crippen LogP contribution in [-0.2, 0) is 27.4 Å². The van der Waals surface area contributed by atoms with Gasteiger partial charge in [0.15, 0.2) is 0 Å². The van der Waals surface area contributed by atoms with Crippen LogP contribution in [0.1, 0.15) is 17.5 Å². The number of hydrogen-bond donors (Lipinski definition) is 4. The molecule has 0 aromatic heterocycles. The van der Waals surface area contributed by atoms with Crippen LogP contribution < -0.4 is 10.6 Å². The van der Waals surface area contributed by atoms with Crippen LogP contribution in [0.2, 0.25) is 5.02 Å². The molecule has 2 aromatic rings. The molecule has 8 nitrogen and oxygen atoms in total. The number of carbonyl (C=O) groups excluding carboxylic acids is 2. The van der Waals surface area contributed by atoms with Crippen LogP contribution in [0.15, 0.2) is 54.6 Å². The molecule has 2 aromatic carbocycles. The average Bonchev–Trinajstić information content (AvgIpc) is 2.72. The number of aliphatic carboxylic acids is 1. The third-order valence-electron chi connectivity index (χ3n) is 4.10. The van der Waals surface area contributed by atoms with Crippen molar-refractivity contribution in [3.8, 4) is 0 Å². The summed E-state index contributed by atoms with van der Waals surface area (Å²) in [5.41, 5.74) is 1.50. The Balaban J connectivity index is 1.73. The van der Waals surface area contributed by atoms with Gasteiger partial charge in [-0.25, -0.2) is 9.59 Å². The highest BCUT2D eigenvalue weighted by Crippen LogP contribution is 2.11. The molecule has 30 heavy (non-hydrogen) atoms. The van der Waals surface area contributed by atoms with Crippen molar-refractivity contribution in [1.29, 1.82) is 0 Å². The number of carboxylic acids is 1. The Morgan fingerprint density at radius 2 is 1.67 bits per heavy atom. The number of aliphatic hydroxyl groups excluding tert-OH is 1. The van der Waals surface area contributed by atoms with Crippen molar-refractivity contribution in [2.75, 3.05) is 6.54 Å². The van der Waals surface area contributed by atoms with Gasteiger partial charge in [0.2, 0.25) is 5.91 Å². The Hall–Kier alpha value is -3.10. The summed E-state index contributed by atoms with van der Waals surface area (Å²) < 4.78 is 5.01. The lowest BCUT2D eigenvalue weighted by Crippen LogP contribution is -2.44. The van der Waals surface area contributed by atoms with E-state index in [1.165, 1.54) is 0 Å². The number of ether oxygens (including phenoxy) is 1. The van der Waals surface area contributed by atoms with Crippen LogP contribution in [-0.4, -0.2) is 46.9 Å². The minimum Gasteiger partial charge on any atom is -0.480 e. The highest BCUT2D eigenvalue weighted by Gasteiger charge is 2.22. The fourth-order valence-electron chi connectivity index (χ4n) is 2.57. The van der Waals surface area contributed by atoms with Gasteiger partial charge >= 0.3 is 12.1 Å². The van der Waals surface area contributed by atoms with Gasteiger partial charge in [-0.3, -0.25) is 4.79 Å². The van der Waals surface area contributed by atoms with E-state index in [2.05, 4.69) is 10.6 Å². The molecule has 0 saturated heterocycles. The van der Waals surface area contributed by atoms with E-state index in [1.54, 1.807) is 36.4 Å². The molecule has 0 saturated carbocycles. The molecule has 0 unspecified atom stereocenters. The molecule has 0 aliphatic carbocycles. The molecule has 2 amide bonds. The molecule has 2 atom stereocenters. The summed E-state index contributed by atoms with van der Waals surface area (Å²) in [5, 5.41) is 24.5. The highest BCUT2D eigenvalue weighted by atomic mass is 35.5. The molecule has 2 rings (SSSR count). The molecule has 0 fully saturated rings. The SMILES string of the molecule is O=C(C[C@H](O)CNC(=O)OCc1ccccc1)N[C@@H](Cc1ccc(Cl)cc1)C(=O)O. The number of nitrogens with one attached hydrogen (secondary N) is 2. The maximum Gasteiger partial charge on any atom is 0.407 e. The van der Waals surface area contributed by atoms with Gasteiger partial charge in [-0.15, -0.1) is 0 Å². The van der Waals surface area contributed by atoms with Crippen LogP contribution in [0.5, 0.6) is 0 Å². The van der Waals surface area contributed by atoms with Crippen molar-refractivity contribution in [3.63, 3.8) is 0 Å². The van der Waals surface area contributed by atoms with E-state index in [0.29, 0.717) is 10.6 Å². The Bertz CT molecular complexity index is 844. The number of amides is 2. The van der Waals surface area contributed by atoms with Crippen LogP contribution in [0.3, 0.4) is 0 Å². The molecule has 4 N–H and O–H groups in total.